The summed E-state index contributed by atoms with van der Waals surface area (Å²) in [4.78, 5) is 71.9. The maximum atomic E-state index is 14.4. The van der Waals surface area contributed by atoms with Crippen molar-refractivity contribution in [2.75, 3.05) is 41.1 Å². The van der Waals surface area contributed by atoms with Crippen LogP contribution < -0.4 is 0 Å². The third kappa shape index (κ3) is 15.3. The lowest BCUT2D eigenvalue weighted by atomic mass is 9.78. The first-order valence-corrected chi connectivity index (χ1v) is 24.6. The van der Waals surface area contributed by atoms with Crippen LogP contribution in [0.4, 0.5) is 0 Å². The molecule has 2 bridgehead atoms. The zero-order valence-corrected chi connectivity index (χ0v) is 41.6. The van der Waals surface area contributed by atoms with Crippen LogP contribution in [0, 0.1) is 29.6 Å². The molecule has 1 aliphatic carbocycles. The predicted molar refractivity (Wildman–Crippen MR) is 251 cm³/mol. The Hall–Kier alpha value is -3.41. The van der Waals surface area contributed by atoms with E-state index in [1.165, 1.54) is 12.0 Å². The van der Waals surface area contributed by atoms with Crippen LogP contribution in [-0.4, -0.2) is 145 Å². The van der Waals surface area contributed by atoms with E-state index in [0.717, 1.165) is 12.0 Å². The summed E-state index contributed by atoms with van der Waals surface area (Å²) in [7, 11) is 4.58. The number of hydrogen-bond acceptors (Lipinski definition) is 14. The number of carbonyl (C=O) groups excluding carboxylic acids is 5. The van der Waals surface area contributed by atoms with Crippen molar-refractivity contribution in [3.05, 3.63) is 47.6 Å². The normalized spacial score (nSPS) is 37.2. The molecule has 3 heterocycles. The van der Waals surface area contributed by atoms with E-state index < -0.39 is 77.8 Å². The van der Waals surface area contributed by atoms with Gasteiger partial charge in [-0.2, -0.15) is 0 Å². The Labute approximate surface area is 398 Å². The number of fused-ring (bicyclic) bond motifs is 3. The summed E-state index contributed by atoms with van der Waals surface area (Å²) in [5, 5.41) is 32.7. The van der Waals surface area contributed by atoms with Crippen LogP contribution in [0.2, 0.25) is 0 Å². The number of Topliss-reactive ketones (excluding diaryl/α,β-unsaturated/α-hetero) is 3. The predicted octanol–water partition coefficient (Wildman–Crippen LogP) is 5.95. The van der Waals surface area contributed by atoms with Crippen LogP contribution in [-0.2, 0) is 52.4 Å². The van der Waals surface area contributed by atoms with Gasteiger partial charge in [0.15, 0.2) is 5.78 Å². The molecule has 378 valence electrons. The average Bonchev–Trinajstić information content (AvgIpc) is 3.32. The van der Waals surface area contributed by atoms with Gasteiger partial charge >= 0.3 is 5.97 Å². The van der Waals surface area contributed by atoms with Gasteiger partial charge in [0.25, 0.3) is 11.7 Å². The van der Waals surface area contributed by atoms with Crippen molar-refractivity contribution in [1.82, 2.24) is 4.90 Å². The first kappa shape index (κ1) is 56.2. The maximum absolute atomic E-state index is 14.4. The Morgan fingerprint density at radius 3 is 2.30 bits per heavy atom. The average molecular weight is 944 g/mol. The van der Waals surface area contributed by atoms with E-state index in [9.17, 15) is 39.3 Å². The Kier molecular flexibility index (Phi) is 22.7. The van der Waals surface area contributed by atoms with Crippen LogP contribution in [0.3, 0.4) is 0 Å². The second-order valence-electron chi connectivity index (χ2n) is 19.6. The number of carbonyl (C=O) groups is 5. The van der Waals surface area contributed by atoms with Gasteiger partial charge in [0.2, 0.25) is 5.79 Å². The quantitative estimate of drug-likeness (QED) is 0.139. The molecule has 4 rings (SSSR count). The van der Waals surface area contributed by atoms with Crippen molar-refractivity contribution in [2.45, 2.75) is 180 Å². The van der Waals surface area contributed by atoms with Gasteiger partial charge in [0.1, 0.15) is 30.1 Å². The monoisotopic (exact) mass is 944 g/mol. The fourth-order valence-corrected chi connectivity index (χ4v) is 10.2. The molecule has 0 radical (unpaired) electrons. The molecule has 3 fully saturated rings. The third-order valence-corrected chi connectivity index (χ3v) is 14.6. The smallest absolute Gasteiger partial charge is 0.329 e. The van der Waals surface area contributed by atoms with Crippen molar-refractivity contribution in [3.8, 4) is 0 Å². The molecule has 15 heteroatoms. The second-order valence-corrected chi connectivity index (χ2v) is 19.6. The highest BCUT2D eigenvalue weighted by Gasteiger charge is 2.53. The first-order valence-electron chi connectivity index (χ1n) is 24.6. The SMILES string of the molecule is CO[C@H]1C[C@@H]2CC[C@@H](C)[C@@](O)(O2)C(=O)C(=O)N2CCCCC2C(=O)O[C@H]([C@H](C)C[C@@H]2CC[C@@H](OCCO)[C@H](OC)C2)CC(=O)[C@H](C)/C=C(\C)[C@@H](O)[C@@H](OC)C(=O)[C@H](C)CC/C=C/C=CC=C1C. The third-order valence-electron chi connectivity index (χ3n) is 14.6. The van der Waals surface area contributed by atoms with Crippen molar-refractivity contribution in [2.24, 2.45) is 29.6 Å². The van der Waals surface area contributed by atoms with E-state index in [2.05, 4.69) is 0 Å². The van der Waals surface area contributed by atoms with Crippen molar-refractivity contribution in [3.63, 3.8) is 0 Å². The molecule has 2 saturated heterocycles. The van der Waals surface area contributed by atoms with Crippen molar-refractivity contribution < 1.29 is 67.7 Å². The zero-order chi connectivity index (χ0) is 49.4. The fourth-order valence-electron chi connectivity index (χ4n) is 10.2. The number of cyclic esters (lactones) is 1. The second kappa shape index (κ2) is 27.1. The van der Waals surface area contributed by atoms with Gasteiger partial charge in [0, 0.05) is 58.5 Å². The number of allylic oxidation sites excluding steroid dienone is 6. The lowest BCUT2D eigenvalue weighted by Gasteiger charge is -2.42. The van der Waals surface area contributed by atoms with E-state index in [1.54, 1.807) is 48.0 Å². The number of ketones is 3. The largest absolute Gasteiger partial charge is 0.460 e. The Bertz CT molecular complexity index is 1770. The molecule has 67 heavy (non-hydrogen) atoms. The zero-order valence-electron chi connectivity index (χ0n) is 41.6. The lowest BCUT2D eigenvalue weighted by molar-refractivity contribution is -0.265. The van der Waals surface area contributed by atoms with Gasteiger partial charge in [-0.25, -0.2) is 4.79 Å². The highest BCUT2D eigenvalue weighted by Crippen LogP contribution is 2.38. The van der Waals surface area contributed by atoms with E-state index in [-0.39, 0.29) is 68.2 Å². The molecule has 1 amide bonds. The molecule has 4 aliphatic rings. The summed E-state index contributed by atoms with van der Waals surface area (Å²) in [6.07, 6.45) is 12.6. The van der Waals surface area contributed by atoms with Crippen LogP contribution in [0.1, 0.15) is 125 Å². The van der Waals surface area contributed by atoms with Crippen molar-refractivity contribution >= 4 is 29.2 Å². The van der Waals surface area contributed by atoms with E-state index in [0.29, 0.717) is 69.8 Å². The number of amides is 1. The minimum atomic E-state index is -2.43. The Morgan fingerprint density at radius 1 is 0.866 bits per heavy atom. The van der Waals surface area contributed by atoms with E-state index >= 15 is 0 Å². The van der Waals surface area contributed by atoms with Crippen molar-refractivity contribution in [1.29, 1.82) is 0 Å². The van der Waals surface area contributed by atoms with Crippen LogP contribution in [0.5, 0.6) is 0 Å². The van der Waals surface area contributed by atoms with Crippen LogP contribution >= 0.6 is 0 Å². The summed E-state index contributed by atoms with van der Waals surface area (Å²) in [6.45, 7) is 10.9. The molecule has 1 saturated carbocycles. The number of piperidine rings is 1. The Morgan fingerprint density at radius 2 is 1.61 bits per heavy atom. The van der Waals surface area contributed by atoms with Crippen LogP contribution in [0.25, 0.3) is 0 Å². The molecular weight excluding hydrogens is 863 g/mol. The number of aliphatic hydroxyl groups excluding tert-OH is 2. The number of aliphatic hydroxyl groups is 3. The van der Waals surface area contributed by atoms with Gasteiger partial charge in [-0.3, -0.25) is 19.2 Å². The molecule has 0 spiro atoms. The van der Waals surface area contributed by atoms with Gasteiger partial charge in [-0.15, -0.1) is 0 Å². The van der Waals surface area contributed by atoms with E-state index in [1.807, 2.05) is 44.2 Å². The van der Waals surface area contributed by atoms with E-state index in [4.69, 9.17) is 28.4 Å². The molecule has 1 unspecified atom stereocenters. The summed E-state index contributed by atoms with van der Waals surface area (Å²) in [5.41, 5.74) is 1.27. The molecule has 3 aliphatic heterocycles. The first-order chi connectivity index (χ1) is 31.9. The molecule has 0 aromatic carbocycles. The topological polar surface area (TPSA) is 205 Å². The molecule has 3 N–H and O–H groups in total. The molecule has 15 nitrogen and oxygen atoms in total. The highest BCUT2D eigenvalue weighted by molar-refractivity contribution is 6.39. The molecular formula is C52H81NO14. The minimum Gasteiger partial charge on any atom is -0.460 e. The molecule has 14 atom stereocenters. The maximum Gasteiger partial charge on any atom is 0.329 e. The molecule has 0 aromatic rings. The lowest BCUT2D eigenvalue weighted by Crippen LogP contribution is -2.61. The standard InChI is InChI=1S/C52H81NO14/c1-32-17-13-11-10-12-14-18-33(2)46(56)48(64-9)47(57)36(5)27-34(3)41(55)31-44(35(4)28-38-21-23-42(65-26-25-54)45(29-38)63-8)66-51(60)40-19-15-16-24-53(40)50(59)49(58)52(61)37(6)20-22-39(67-52)30-43(32)62-7/h10-13,17,27,33-35,37-40,42-45,47-48,54,57,61H,14-16,18-26,28-31H2,1-9H3/b12-10+,13-11?,32-17?,36-27+/t33-,34-,35-,37-,38+,39+,40?,42-,43+,44+,45-,47-,48+,52-/m1/s1. The number of rotatable bonds is 9. The highest BCUT2D eigenvalue weighted by atomic mass is 16.6. The number of methoxy groups -OCH3 is 3. The summed E-state index contributed by atoms with van der Waals surface area (Å²) in [6, 6.07) is -1.14. The Balaban J connectivity index is 1.68. The summed E-state index contributed by atoms with van der Waals surface area (Å²) < 4.78 is 35.5. The van der Waals surface area contributed by atoms with Gasteiger partial charge in [-0.1, -0.05) is 64.2 Å². The number of ether oxygens (including phenoxy) is 6. The number of hydrogen-bond donors (Lipinski definition) is 3. The number of nitrogens with zero attached hydrogens (tertiary/aromatic N) is 1. The van der Waals surface area contributed by atoms with Gasteiger partial charge in [-0.05, 0) is 107 Å². The van der Waals surface area contributed by atoms with Gasteiger partial charge in [0.05, 0.1) is 37.6 Å². The minimum absolute atomic E-state index is 0.0863. The molecule has 0 aromatic heterocycles. The van der Waals surface area contributed by atoms with Gasteiger partial charge < -0.3 is 48.6 Å². The summed E-state index contributed by atoms with van der Waals surface area (Å²) >= 11 is 0. The summed E-state index contributed by atoms with van der Waals surface area (Å²) in [5.74, 6) is -7.93. The fraction of sp³-hybridized carbons (Fsp3) is 0.750. The van der Waals surface area contributed by atoms with Crippen LogP contribution in [0.15, 0.2) is 47.6 Å². The number of esters is 1.